The first-order valence-electron chi connectivity index (χ1n) is 15.1. The normalized spacial score (nSPS) is 15.6. The van der Waals surface area contributed by atoms with E-state index in [0.717, 1.165) is 44.9 Å². The molecule has 0 amide bonds. The third-order valence-electron chi connectivity index (χ3n) is 7.36. The number of benzene rings is 1. The monoisotopic (exact) mass is 607 g/mol. The fourth-order valence-corrected chi connectivity index (χ4v) is 7.16. The Balaban J connectivity index is 2.87. The zero-order valence-corrected chi connectivity index (χ0v) is 26.3. The van der Waals surface area contributed by atoms with Crippen molar-refractivity contribution in [1.29, 1.82) is 0 Å². The Kier molecular flexibility index (Phi) is 18.7. The molecule has 0 aliphatic rings. The van der Waals surface area contributed by atoms with Crippen LogP contribution < -0.4 is 4.72 Å². The Morgan fingerprint density at radius 2 is 1.35 bits per heavy atom. The van der Waals surface area contributed by atoms with Gasteiger partial charge in [0.2, 0.25) is 15.4 Å². The van der Waals surface area contributed by atoms with Gasteiger partial charge in [0.1, 0.15) is 6.10 Å². The summed E-state index contributed by atoms with van der Waals surface area (Å²) in [5, 5.41) is 18.8. The molecular weight excluding hydrogens is 553 g/mol. The highest BCUT2D eigenvalue weighted by Gasteiger charge is 2.56. The van der Waals surface area contributed by atoms with E-state index in [1.807, 2.05) is 6.92 Å². The second-order valence-corrected chi connectivity index (χ2v) is 14.6. The Morgan fingerprint density at radius 3 is 1.85 bits per heavy atom. The van der Waals surface area contributed by atoms with E-state index in [9.17, 15) is 33.0 Å². The van der Waals surface area contributed by atoms with E-state index in [0.29, 0.717) is 18.4 Å². The van der Waals surface area contributed by atoms with Gasteiger partial charge in [-0.05, 0) is 18.4 Å². The number of hydrogen-bond donors (Lipinski definition) is 5. The number of ether oxygens (including phenoxy) is 1. The largest absolute Gasteiger partial charge is 0.393 e. The van der Waals surface area contributed by atoms with Gasteiger partial charge in [-0.3, -0.25) is 4.57 Å². The molecule has 9 nitrogen and oxygen atoms in total. The van der Waals surface area contributed by atoms with Crippen molar-refractivity contribution < 1.29 is 37.7 Å². The summed E-state index contributed by atoms with van der Waals surface area (Å²) in [6.07, 6.45) is 11.9. The number of sulfonamides is 1. The summed E-state index contributed by atoms with van der Waals surface area (Å²) >= 11 is 0. The van der Waals surface area contributed by atoms with E-state index in [1.54, 1.807) is 30.3 Å². The summed E-state index contributed by atoms with van der Waals surface area (Å²) in [4.78, 5) is 20.5. The Hall–Kier alpha value is -0.840. The lowest BCUT2D eigenvalue weighted by Crippen LogP contribution is -2.58. The van der Waals surface area contributed by atoms with Crippen LogP contribution >= 0.6 is 7.60 Å². The molecule has 0 saturated carbocycles. The number of aliphatic hydroxyl groups excluding tert-OH is 2. The van der Waals surface area contributed by atoms with Crippen molar-refractivity contribution in [1.82, 2.24) is 4.72 Å². The fraction of sp³-hybridized carbons (Fsp3) is 0.793. The van der Waals surface area contributed by atoms with Gasteiger partial charge in [-0.15, -0.1) is 0 Å². The van der Waals surface area contributed by atoms with Gasteiger partial charge in [0.25, 0.3) is 0 Å². The van der Waals surface area contributed by atoms with Crippen molar-refractivity contribution in [3.8, 4) is 0 Å². The molecule has 3 atom stereocenters. The lowest BCUT2D eigenvalue weighted by atomic mass is 9.99. The Labute approximate surface area is 242 Å². The summed E-state index contributed by atoms with van der Waals surface area (Å²) < 4.78 is 46.7. The number of hydrogen-bond acceptors (Lipinski definition) is 6. The topological polar surface area (TPSA) is 153 Å². The molecule has 0 spiro atoms. The van der Waals surface area contributed by atoms with E-state index < -0.39 is 41.7 Å². The molecule has 1 rings (SSSR count). The highest BCUT2D eigenvalue weighted by Crippen LogP contribution is 2.54. The summed E-state index contributed by atoms with van der Waals surface area (Å²) in [6, 6.07) is 7.37. The lowest BCUT2D eigenvalue weighted by Gasteiger charge is -2.40. The van der Waals surface area contributed by atoms with Gasteiger partial charge in [-0.2, -0.15) is 0 Å². The molecule has 40 heavy (non-hydrogen) atoms. The minimum absolute atomic E-state index is 0.144. The molecule has 0 aliphatic heterocycles. The van der Waals surface area contributed by atoms with Gasteiger partial charge in [-0.25, -0.2) is 13.1 Å². The summed E-state index contributed by atoms with van der Waals surface area (Å²) in [6.45, 7) is 2.76. The zero-order valence-electron chi connectivity index (χ0n) is 24.5. The van der Waals surface area contributed by atoms with Gasteiger partial charge in [-0.1, -0.05) is 128 Å². The molecule has 5 N–H and O–H groups in total. The first kappa shape index (κ1) is 37.2. The lowest BCUT2D eigenvalue weighted by molar-refractivity contribution is -0.123. The maximum Gasteiger partial charge on any atom is 0.362 e. The van der Waals surface area contributed by atoms with Gasteiger partial charge >= 0.3 is 7.60 Å². The molecule has 0 aromatic heterocycles. The average molecular weight is 608 g/mol. The summed E-state index contributed by atoms with van der Waals surface area (Å²) in [7, 11) is -9.12. The van der Waals surface area contributed by atoms with Crippen molar-refractivity contribution in [3.05, 3.63) is 35.9 Å². The highest BCUT2D eigenvalue weighted by molar-refractivity contribution is 7.89. The third kappa shape index (κ3) is 13.9. The fourth-order valence-electron chi connectivity index (χ4n) is 4.81. The van der Waals surface area contributed by atoms with Crippen LogP contribution in [0, 0.1) is 0 Å². The average Bonchev–Trinajstić information content (AvgIpc) is 2.91. The van der Waals surface area contributed by atoms with E-state index in [4.69, 9.17) is 4.74 Å². The molecule has 1 aromatic carbocycles. The predicted molar refractivity (Wildman–Crippen MR) is 160 cm³/mol. The molecular formula is C29H54NO8PS. The SMILES string of the molecule is CCCCCCCCCCCCS(=O)(=O)NC(CCCCCC)C(O)C(CO)(OCc1ccccc1)P(=O)(O)O. The minimum atomic E-state index is -5.27. The van der Waals surface area contributed by atoms with Crippen LogP contribution in [0.5, 0.6) is 0 Å². The molecule has 0 heterocycles. The van der Waals surface area contributed by atoms with E-state index in [2.05, 4.69) is 11.6 Å². The van der Waals surface area contributed by atoms with Gasteiger partial charge in [0.05, 0.1) is 25.0 Å². The van der Waals surface area contributed by atoms with Crippen LogP contribution in [0.25, 0.3) is 0 Å². The van der Waals surface area contributed by atoms with Gasteiger partial charge in [0.15, 0.2) is 0 Å². The number of unbranched alkanes of at least 4 members (excludes halogenated alkanes) is 12. The van der Waals surface area contributed by atoms with Crippen LogP contribution in [0.1, 0.15) is 116 Å². The van der Waals surface area contributed by atoms with Crippen LogP contribution in [0.3, 0.4) is 0 Å². The minimum Gasteiger partial charge on any atom is -0.393 e. The third-order valence-corrected chi connectivity index (χ3v) is 10.4. The van der Waals surface area contributed by atoms with Crippen LogP contribution in [-0.4, -0.2) is 58.3 Å². The van der Waals surface area contributed by atoms with Crippen molar-refractivity contribution in [2.24, 2.45) is 0 Å². The zero-order chi connectivity index (χ0) is 29.9. The molecule has 0 saturated heterocycles. The van der Waals surface area contributed by atoms with Crippen LogP contribution in [0.15, 0.2) is 30.3 Å². The second-order valence-electron chi connectivity index (χ2n) is 10.8. The quantitative estimate of drug-likeness (QED) is 0.0710. The van der Waals surface area contributed by atoms with Crippen molar-refractivity contribution in [3.63, 3.8) is 0 Å². The summed E-state index contributed by atoms with van der Waals surface area (Å²) in [5.41, 5.74) is 0.585. The maximum atomic E-state index is 13.0. The number of rotatable bonds is 25. The Bertz CT molecular complexity index is 927. The Morgan fingerprint density at radius 1 is 0.850 bits per heavy atom. The van der Waals surface area contributed by atoms with Crippen LogP contribution in [0.4, 0.5) is 0 Å². The molecule has 1 aromatic rings. The van der Waals surface area contributed by atoms with Crippen LogP contribution in [-0.2, 0) is 25.9 Å². The standard InChI is InChI=1S/C29H54NO8PS/c1-3-5-7-9-10-11-12-13-14-19-23-40(36,37)30-27(22-18-8-6-4-2)28(32)29(25-31,39(33,34)35)38-24-26-20-16-15-17-21-26/h15-17,20-21,27-28,30-32H,3-14,18-19,22-25H2,1-2H3,(H2,33,34,35). The predicted octanol–water partition coefficient (Wildman–Crippen LogP) is 5.61. The highest BCUT2D eigenvalue weighted by atomic mass is 32.2. The van der Waals surface area contributed by atoms with E-state index >= 15 is 0 Å². The van der Waals surface area contributed by atoms with Crippen molar-refractivity contribution >= 4 is 17.6 Å². The van der Waals surface area contributed by atoms with E-state index in [1.165, 1.54) is 32.1 Å². The second kappa shape index (κ2) is 20.1. The van der Waals surface area contributed by atoms with Gasteiger partial charge in [0, 0.05) is 0 Å². The molecule has 0 fully saturated rings. The molecule has 234 valence electrons. The molecule has 11 heteroatoms. The molecule has 3 unspecified atom stereocenters. The van der Waals surface area contributed by atoms with Crippen LogP contribution in [0.2, 0.25) is 0 Å². The number of aliphatic hydroxyl groups is 2. The van der Waals surface area contributed by atoms with Crippen molar-refractivity contribution in [2.75, 3.05) is 12.4 Å². The van der Waals surface area contributed by atoms with Crippen molar-refractivity contribution in [2.45, 2.75) is 134 Å². The summed E-state index contributed by atoms with van der Waals surface area (Å²) in [5.74, 6) is -0.144. The number of nitrogens with one attached hydrogen (secondary N) is 1. The molecule has 0 aliphatic carbocycles. The molecule has 0 bridgehead atoms. The molecule has 0 radical (unpaired) electrons. The van der Waals surface area contributed by atoms with E-state index in [-0.39, 0.29) is 18.8 Å². The first-order valence-corrected chi connectivity index (χ1v) is 18.3. The maximum absolute atomic E-state index is 13.0. The smallest absolute Gasteiger partial charge is 0.362 e. The first-order chi connectivity index (χ1) is 19.0. The van der Waals surface area contributed by atoms with Gasteiger partial charge < -0.3 is 24.7 Å².